The third kappa shape index (κ3) is 3.29. The lowest BCUT2D eigenvalue weighted by Gasteiger charge is -2.10. The molecular weight excluding hydrogens is 352 g/mol. The van der Waals surface area contributed by atoms with Crippen molar-refractivity contribution in [1.82, 2.24) is 4.57 Å². The van der Waals surface area contributed by atoms with Crippen LogP contribution in [0.15, 0.2) is 34.0 Å². The van der Waals surface area contributed by atoms with Gasteiger partial charge in [-0.2, -0.15) is 0 Å². The van der Waals surface area contributed by atoms with Crippen LogP contribution < -0.4 is 0 Å². The average Bonchev–Trinajstić information content (AvgIpc) is 2.82. The molecule has 0 bridgehead atoms. The van der Waals surface area contributed by atoms with Gasteiger partial charge in [0.15, 0.2) is 0 Å². The van der Waals surface area contributed by atoms with Crippen LogP contribution in [0.5, 0.6) is 0 Å². The zero-order valence-corrected chi connectivity index (χ0v) is 13.6. The van der Waals surface area contributed by atoms with Crippen LogP contribution >= 0.6 is 15.9 Å². The molecular formula is C14H13BrN4O3. The van der Waals surface area contributed by atoms with E-state index in [4.69, 9.17) is 10.3 Å². The molecule has 7 nitrogen and oxygen atoms in total. The second kappa shape index (κ2) is 6.64. The minimum atomic E-state index is -0.703. The number of nitrogens with zero attached hydrogens (tertiary/aromatic N) is 4. The summed E-state index contributed by atoms with van der Waals surface area (Å²) in [6, 6.07) is 4.74. The van der Waals surface area contributed by atoms with Gasteiger partial charge in [0.1, 0.15) is 6.61 Å². The van der Waals surface area contributed by atoms with Crippen LogP contribution in [0.25, 0.3) is 21.3 Å². The Hall–Kier alpha value is -2.31. The van der Waals surface area contributed by atoms with Crippen molar-refractivity contribution < 1.29 is 14.3 Å². The Kier molecular flexibility index (Phi) is 4.85. The van der Waals surface area contributed by atoms with Gasteiger partial charge in [0.2, 0.25) is 5.91 Å². The van der Waals surface area contributed by atoms with Gasteiger partial charge < -0.3 is 4.74 Å². The standard InChI is InChI=1S/C14H13BrN4O3/c1-8(20)19-6-12(11-5-10(15)3-4-14(11)19)13(17-18-16)7-22-9(2)21/h3-6,13H,7H2,1-2H3/t13-/m1/s1. The highest BCUT2D eigenvalue weighted by atomic mass is 79.9. The van der Waals surface area contributed by atoms with E-state index in [9.17, 15) is 9.59 Å². The lowest BCUT2D eigenvalue weighted by Crippen LogP contribution is -2.09. The summed E-state index contributed by atoms with van der Waals surface area (Å²) in [6.45, 7) is 2.64. The number of hydrogen-bond acceptors (Lipinski definition) is 4. The van der Waals surface area contributed by atoms with Crippen LogP contribution in [0.3, 0.4) is 0 Å². The van der Waals surface area contributed by atoms with Gasteiger partial charge in [-0.25, -0.2) is 0 Å². The molecule has 2 aromatic rings. The van der Waals surface area contributed by atoms with Crippen molar-refractivity contribution in [1.29, 1.82) is 0 Å². The molecule has 1 atom stereocenters. The first-order valence-electron chi connectivity index (χ1n) is 6.43. The summed E-state index contributed by atoms with van der Waals surface area (Å²) in [4.78, 5) is 25.6. The first-order chi connectivity index (χ1) is 10.4. The second-order valence-electron chi connectivity index (χ2n) is 4.66. The molecule has 0 unspecified atom stereocenters. The van der Waals surface area contributed by atoms with Crippen LogP contribution in [0.1, 0.15) is 30.2 Å². The van der Waals surface area contributed by atoms with Gasteiger partial charge in [-0.15, -0.1) is 0 Å². The number of hydrogen-bond donors (Lipinski definition) is 0. The van der Waals surface area contributed by atoms with Crippen molar-refractivity contribution in [3.05, 3.63) is 44.9 Å². The molecule has 0 N–H and O–H groups in total. The van der Waals surface area contributed by atoms with E-state index in [1.54, 1.807) is 12.3 Å². The topological polar surface area (TPSA) is 97.1 Å². The van der Waals surface area contributed by atoms with Crippen LogP contribution in [0.4, 0.5) is 0 Å². The summed E-state index contributed by atoms with van der Waals surface area (Å²) < 4.78 is 7.26. The molecule has 0 saturated heterocycles. The van der Waals surface area contributed by atoms with E-state index in [2.05, 4.69) is 26.0 Å². The fourth-order valence-corrected chi connectivity index (χ4v) is 2.56. The predicted molar refractivity (Wildman–Crippen MR) is 84.5 cm³/mol. The molecule has 0 amide bonds. The molecule has 22 heavy (non-hydrogen) atoms. The number of rotatable bonds is 4. The van der Waals surface area contributed by atoms with E-state index < -0.39 is 12.0 Å². The van der Waals surface area contributed by atoms with Gasteiger partial charge in [0, 0.05) is 34.8 Å². The SMILES string of the molecule is CC(=O)OC[C@@H](N=[N+]=[N-])c1cn(C(C)=O)c2ccc(Br)cc12. The van der Waals surface area contributed by atoms with E-state index in [1.165, 1.54) is 18.4 Å². The quantitative estimate of drug-likeness (QED) is 0.355. The Morgan fingerprint density at radius 1 is 1.45 bits per heavy atom. The molecule has 1 aromatic carbocycles. The summed E-state index contributed by atoms with van der Waals surface area (Å²) >= 11 is 3.38. The van der Waals surface area contributed by atoms with Gasteiger partial charge >= 0.3 is 5.97 Å². The van der Waals surface area contributed by atoms with Crippen LogP contribution in [-0.4, -0.2) is 23.1 Å². The van der Waals surface area contributed by atoms with Gasteiger partial charge in [-0.1, -0.05) is 21.0 Å². The summed E-state index contributed by atoms with van der Waals surface area (Å²) in [6.07, 6.45) is 1.61. The van der Waals surface area contributed by atoms with Gasteiger partial charge in [0.25, 0.3) is 0 Å². The largest absolute Gasteiger partial charge is 0.465 e. The van der Waals surface area contributed by atoms with Crippen molar-refractivity contribution in [2.45, 2.75) is 19.9 Å². The fraction of sp³-hybridized carbons (Fsp3) is 0.286. The molecule has 0 saturated carbocycles. The Bertz CT molecular complexity index is 793. The van der Waals surface area contributed by atoms with Crippen molar-refractivity contribution in [2.75, 3.05) is 6.61 Å². The third-order valence-electron chi connectivity index (χ3n) is 3.13. The summed E-state index contributed by atoms with van der Waals surface area (Å²) in [5, 5.41) is 4.44. The molecule has 114 valence electrons. The van der Waals surface area contributed by atoms with Crippen molar-refractivity contribution >= 4 is 38.7 Å². The normalized spacial score (nSPS) is 11.8. The average molecular weight is 365 g/mol. The number of halogens is 1. The van der Waals surface area contributed by atoms with E-state index in [0.717, 1.165) is 9.86 Å². The summed E-state index contributed by atoms with van der Waals surface area (Å²) in [5.74, 6) is -0.625. The molecule has 0 spiro atoms. The van der Waals surface area contributed by atoms with Crippen LogP contribution in [-0.2, 0) is 9.53 Å². The fourth-order valence-electron chi connectivity index (χ4n) is 2.20. The second-order valence-corrected chi connectivity index (χ2v) is 5.57. The summed E-state index contributed by atoms with van der Waals surface area (Å²) in [5.41, 5.74) is 10.1. The monoisotopic (exact) mass is 364 g/mol. The number of carbonyl (C=O) groups excluding carboxylic acids is 2. The number of aromatic nitrogens is 1. The molecule has 0 radical (unpaired) electrons. The highest BCUT2D eigenvalue weighted by molar-refractivity contribution is 9.10. The van der Waals surface area contributed by atoms with E-state index in [1.807, 2.05) is 12.1 Å². The number of benzene rings is 1. The highest BCUT2D eigenvalue weighted by Crippen LogP contribution is 2.31. The number of esters is 1. The molecule has 0 aliphatic rings. The maximum Gasteiger partial charge on any atom is 0.302 e. The van der Waals surface area contributed by atoms with E-state index >= 15 is 0 Å². The first-order valence-corrected chi connectivity index (χ1v) is 7.22. The Balaban J connectivity index is 2.60. The lowest BCUT2D eigenvalue weighted by atomic mass is 10.1. The third-order valence-corrected chi connectivity index (χ3v) is 3.62. The lowest BCUT2D eigenvalue weighted by molar-refractivity contribution is -0.141. The Morgan fingerprint density at radius 2 is 2.18 bits per heavy atom. The van der Waals surface area contributed by atoms with Crippen LogP contribution in [0, 0.1) is 0 Å². The van der Waals surface area contributed by atoms with Crippen LogP contribution in [0.2, 0.25) is 0 Å². The Labute approximate surface area is 134 Å². The van der Waals surface area contributed by atoms with E-state index in [0.29, 0.717) is 11.1 Å². The van der Waals surface area contributed by atoms with Crippen molar-refractivity contribution in [2.24, 2.45) is 5.11 Å². The molecule has 2 rings (SSSR count). The van der Waals surface area contributed by atoms with Gasteiger partial charge in [-0.3, -0.25) is 14.2 Å². The van der Waals surface area contributed by atoms with Gasteiger partial charge in [0.05, 0.1) is 11.6 Å². The zero-order chi connectivity index (χ0) is 16.3. The van der Waals surface area contributed by atoms with Crippen molar-refractivity contribution in [3.63, 3.8) is 0 Å². The van der Waals surface area contributed by atoms with Crippen molar-refractivity contribution in [3.8, 4) is 0 Å². The minimum absolute atomic E-state index is 0.0804. The summed E-state index contributed by atoms with van der Waals surface area (Å²) in [7, 11) is 0. The smallest absolute Gasteiger partial charge is 0.302 e. The predicted octanol–water partition coefficient (Wildman–Crippen LogP) is 3.98. The molecule has 1 aromatic heterocycles. The molecule has 0 aliphatic carbocycles. The molecule has 0 fully saturated rings. The maximum absolute atomic E-state index is 11.8. The zero-order valence-electron chi connectivity index (χ0n) is 12.0. The highest BCUT2D eigenvalue weighted by Gasteiger charge is 2.19. The minimum Gasteiger partial charge on any atom is -0.465 e. The molecule has 8 heteroatoms. The molecule has 0 aliphatic heterocycles. The molecule has 1 heterocycles. The first kappa shape index (κ1) is 16.1. The number of fused-ring (bicyclic) bond motifs is 1. The maximum atomic E-state index is 11.8. The van der Waals surface area contributed by atoms with Gasteiger partial charge in [-0.05, 0) is 29.3 Å². The number of azide groups is 1. The Morgan fingerprint density at radius 3 is 2.77 bits per heavy atom. The van der Waals surface area contributed by atoms with E-state index in [-0.39, 0.29) is 12.5 Å². The number of ether oxygens (including phenoxy) is 1. The number of carbonyl (C=O) groups is 2.